The Morgan fingerprint density at radius 3 is 2.16 bits per heavy atom. The third-order valence-electron chi connectivity index (χ3n) is 5.07. The molecule has 0 amide bonds. The highest BCUT2D eigenvalue weighted by Crippen LogP contribution is 2.32. The van der Waals surface area contributed by atoms with Crippen LogP contribution in [0, 0.1) is 0 Å². The molecule has 3 aromatic rings. The Balaban J connectivity index is 1.80. The van der Waals surface area contributed by atoms with E-state index in [1.54, 1.807) is 21.3 Å². The zero-order valence-electron chi connectivity index (χ0n) is 18.1. The summed E-state index contributed by atoms with van der Waals surface area (Å²) in [6.07, 6.45) is 0.720. The zero-order valence-corrected chi connectivity index (χ0v) is 18.1. The molecule has 6 heteroatoms. The van der Waals surface area contributed by atoms with Crippen molar-refractivity contribution in [3.8, 4) is 17.2 Å². The van der Waals surface area contributed by atoms with Gasteiger partial charge in [-0.25, -0.2) is 0 Å². The molecule has 3 rings (SSSR count). The number of nitrogens with one attached hydrogen (secondary N) is 1. The Morgan fingerprint density at radius 1 is 0.871 bits per heavy atom. The van der Waals surface area contributed by atoms with Gasteiger partial charge in [-0.3, -0.25) is 0 Å². The molecule has 0 atom stereocenters. The van der Waals surface area contributed by atoms with Gasteiger partial charge >= 0.3 is 0 Å². The van der Waals surface area contributed by atoms with E-state index in [1.165, 1.54) is 5.56 Å². The molecule has 0 bridgehead atoms. The van der Waals surface area contributed by atoms with Crippen LogP contribution in [0.3, 0.4) is 0 Å². The lowest BCUT2D eigenvalue weighted by Gasteiger charge is -2.16. The summed E-state index contributed by atoms with van der Waals surface area (Å²) in [6, 6.07) is 21.4. The Hall–Kier alpha value is -3.51. The highest BCUT2D eigenvalue weighted by atomic mass is 16.5. The van der Waals surface area contributed by atoms with E-state index in [0.717, 1.165) is 42.0 Å². The second-order valence-electron chi connectivity index (χ2n) is 6.95. The Labute approximate surface area is 183 Å². The number of benzene rings is 3. The van der Waals surface area contributed by atoms with E-state index in [-0.39, 0.29) is 0 Å². The van der Waals surface area contributed by atoms with Crippen LogP contribution in [0.4, 0.5) is 0 Å². The van der Waals surface area contributed by atoms with Crippen molar-refractivity contribution in [3.63, 3.8) is 0 Å². The molecule has 6 nitrogen and oxygen atoms in total. The van der Waals surface area contributed by atoms with Crippen molar-refractivity contribution in [2.24, 2.45) is 5.16 Å². The third-order valence-corrected chi connectivity index (χ3v) is 5.07. The summed E-state index contributed by atoms with van der Waals surface area (Å²) in [5.74, 6) is 2.07. The second kappa shape index (κ2) is 11.0. The number of nitrogens with zero attached hydrogens (tertiary/aromatic N) is 1. The van der Waals surface area contributed by atoms with Gasteiger partial charge < -0.3 is 24.7 Å². The van der Waals surface area contributed by atoms with Gasteiger partial charge in [0.15, 0.2) is 11.5 Å². The quantitative estimate of drug-likeness (QED) is 0.222. The van der Waals surface area contributed by atoms with Gasteiger partial charge in [0.05, 0.1) is 21.3 Å². The maximum atomic E-state index is 9.80. The van der Waals surface area contributed by atoms with Crippen molar-refractivity contribution in [2.45, 2.75) is 13.0 Å². The van der Waals surface area contributed by atoms with E-state index in [0.29, 0.717) is 17.2 Å². The predicted molar refractivity (Wildman–Crippen MR) is 122 cm³/mol. The number of methoxy groups -OCH3 is 3. The molecule has 0 aromatic heterocycles. The summed E-state index contributed by atoms with van der Waals surface area (Å²) in [4.78, 5) is 0. The molecule has 0 unspecified atom stereocenters. The number of hydrogen-bond acceptors (Lipinski definition) is 6. The normalized spacial score (nSPS) is 11.3. The predicted octanol–water partition coefficient (Wildman–Crippen LogP) is 4.27. The monoisotopic (exact) mass is 420 g/mol. The zero-order chi connectivity index (χ0) is 22.1. The molecule has 0 aliphatic heterocycles. The number of hydrogen-bond donors (Lipinski definition) is 2. The second-order valence-corrected chi connectivity index (χ2v) is 6.95. The highest BCUT2D eigenvalue weighted by molar-refractivity contribution is 6.13. The van der Waals surface area contributed by atoms with Gasteiger partial charge in [0.25, 0.3) is 0 Å². The van der Waals surface area contributed by atoms with Crippen LogP contribution >= 0.6 is 0 Å². The summed E-state index contributed by atoms with van der Waals surface area (Å²) >= 11 is 0. The number of oxime groups is 1. The summed E-state index contributed by atoms with van der Waals surface area (Å²) < 4.78 is 16.2. The van der Waals surface area contributed by atoms with Gasteiger partial charge in [-0.05, 0) is 48.4 Å². The smallest absolute Gasteiger partial charge is 0.161 e. The summed E-state index contributed by atoms with van der Waals surface area (Å²) in [6.45, 7) is 1.48. The van der Waals surface area contributed by atoms with E-state index in [2.05, 4.69) is 10.5 Å². The highest BCUT2D eigenvalue weighted by Gasteiger charge is 2.17. The molecular formula is C25H28N2O4. The summed E-state index contributed by atoms with van der Waals surface area (Å²) in [5, 5.41) is 16.9. The van der Waals surface area contributed by atoms with Crippen molar-refractivity contribution in [3.05, 3.63) is 89.0 Å². The van der Waals surface area contributed by atoms with Gasteiger partial charge in [0.2, 0.25) is 0 Å². The lowest BCUT2D eigenvalue weighted by molar-refractivity contribution is 0.319. The fourth-order valence-corrected chi connectivity index (χ4v) is 3.41. The van der Waals surface area contributed by atoms with E-state index < -0.39 is 0 Å². The molecule has 2 N–H and O–H groups in total. The number of ether oxygens (including phenoxy) is 3. The Morgan fingerprint density at radius 2 is 1.55 bits per heavy atom. The molecule has 3 aromatic carbocycles. The minimum Gasteiger partial charge on any atom is -0.497 e. The van der Waals surface area contributed by atoms with Crippen molar-refractivity contribution in [1.82, 2.24) is 5.32 Å². The first-order valence-electron chi connectivity index (χ1n) is 10.1. The van der Waals surface area contributed by atoms with Gasteiger partial charge in [0.1, 0.15) is 11.5 Å². The van der Waals surface area contributed by atoms with Crippen molar-refractivity contribution >= 4 is 5.71 Å². The molecule has 0 saturated carbocycles. The topological polar surface area (TPSA) is 72.3 Å². The molecule has 31 heavy (non-hydrogen) atoms. The Bertz CT molecular complexity index is 1000. The molecule has 0 spiro atoms. The van der Waals surface area contributed by atoms with Crippen LogP contribution in [-0.4, -0.2) is 38.8 Å². The average molecular weight is 421 g/mol. The van der Waals surface area contributed by atoms with Gasteiger partial charge in [-0.2, -0.15) is 0 Å². The van der Waals surface area contributed by atoms with E-state index in [1.807, 2.05) is 66.7 Å². The minimum absolute atomic E-state index is 0.492. The number of rotatable bonds is 10. The molecule has 0 aliphatic carbocycles. The van der Waals surface area contributed by atoms with Crippen LogP contribution in [0.5, 0.6) is 17.2 Å². The van der Waals surface area contributed by atoms with Crippen LogP contribution in [0.25, 0.3) is 0 Å². The lowest BCUT2D eigenvalue weighted by Crippen LogP contribution is -2.18. The van der Waals surface area contributed by atoms with Crippen LogP contribution in [0.1, 0.15) is 22.3 Å². The first-order valence-corrected chi connectivity index (χ1v) is 10.1. The average Bonchev–Trinajstić information content (AvgIpc) is 2.83. The van der Waals surface area contributed by atoms with E-state index in [9.17, 15) is 5.21 Å². The molecule has 0 fully saturated rings. The van der Waals surface area contributed by atoms with Crippen molar-refractivity contribution < 1.29 is 19.4 Å². The largest absolute Gasteiger partial charge is 0.497 e. The first-order chi connectivity index (χ1) is 15.2. The van der Waals surface area contributed by atoms with Crippen molar-refractivity contribution in [2.75, 3.05) is 27.9 Å². The molecular weight excluding hydrogens is 392 g/mol. The van der Waals surface area contributed by atoms with Gasteiger partial charge in [-0.1, -0.05) is 47.6 Å². The molecule has 0 radical (unpaired) electrons. The van der Waals surface area contributed by atoms with Crippen molar-refractivity contribution in [1.29, 1.82) is 0 Å². The fraction of sp³-hybridized carbons (Fsp3) is 0.240. The molecule has 0 heterocycles. The summed E-state index contributed by atoms with van der Waals surface area (Å²) in [7, 11) is 4.87. The van der Waals surface area contributed by atoms with E-state index in [4.69, 9.17) is 14.2 Å². The molecule has 162 valence electrons. The van der Waals surface area contributed by atoms with Crippen LogP contribution in [0.2, 0.25) is 0 Å². The van der Waals surface area contributed by atoms with E-state index >= 15 is 0 Å². The van der Waals surface area contributed by atoms with Crippen LogP contribution in [-0.2, 0) is 13.0 Å². The lowest BCUT2D eigenvalue weighted by atomic mass is 9.95. The maximum Gasteiger partial charge on any atom is 0.161 e. The SMILES string of the molecule is COc1ccc(CNCCc2cc(OC)c(OC)cc2/C(=N\O)c2ccccc2)cc1. The van der Waals surface area contributed by atoms with Gasteiger partial charge in [0, 0.05) is 17.7 Å². The molecule has 0 saturated heterocycles. The third kappa shape index (κ3) is 5.55. The first kappa shape index (κ1) is 22.2. The Kier molecular flexibility index (Phi) is 7.90. The van der Waals surface area contributed by atoms with Crippen LogP contribution < -0.4 is 19.5 Å². The van der Waals surface area contributed by atoms with Crippen LogP contribution in [0.15, 0.2) is 71.9 Å². The fourth-order valence-electron chi connectivity index (χ4n) is 3.41. The molecule has 0 aliphatic rings. The standard InChI is InChI=1S/C25H28N2O4/c1-29-21-11-9-18(10-12-21)17-26-14-13-20-15-23(30-2)24(31-3)16-22(20)25(27-28)19-7-5-4-6-8-19/h4-12,15-16,26,28H,13-14,17H2,1-3H3/b27-25-. The maximum absolute atomic E-state index is 9.80. The summed E-state index contributed by atoms with van der Waals surface area (Å²) in [5.41, 5.74) is 4.29. The van der Waals surface area contributed by atoms with Gasteiger partial charge in [-0.15, -0.1) is 0 Å². The minimum atomic E-state index is 0.492.